The predicted octanol–water partition coefficient (Wildman–Crippen LogP) is 1.51. The molecule has 3 N–H and O–H groups in total. The van der Waals surface area contributed by atoms with Crippen molar-refractivity contribution in [2.45, 2.75) is 45.1 Å². The Morgan fingerprint density at radius 3 is 2.78 bits per heavy atom. The smallest absolute Gasteiger partial charge is 0.314 e. The lowest BCUT2D eigenvalue weighted by molar-refractivity contribution is 0.0349. The van der Waals surface area contributed by atoms with E-state index in [0.29, 0.717) is 19.4 Å². The molecule has 126 valence electrons. The Morgan fingerprint density at radius 2 is 2.04 bits per heavy atom. The van der Waals surface area contributed by atoms with E-state index >= 15 is 0 Å². The second-order valence-electron chi connectivity index (χ2n) is 5.69. The summed E-state index contributed by atoms with van der Waals surface area (Å²) in [5.41, 5.74) is 0.00392. The molecule has 0 radical (unpaired) electrons. The van der Waals surface area contributed by atoms with Gasteiger partial charge < -0.3 is 15.7 Å². The molecule has 2 aromatic rings. The number of fused-ring (bicyclic) bond motifs is 1. The number of aromatic nitrogens is 3. The van der Waals surface area contributed by atoms with Gasteiger partial charge in [-0.25, -0.2) is 4.79 Å². The molecule has 2 amide bonds. The van der Waals surface area contributed by atoms with Crippen LogP contribution in [-0.2, 0) is 6.42 Å². The van der Waals surface area contributed by atoms with Crippen LogP contribution in [0.15, 0.2) is 24.4 Å². The average molecular weight is 319 g/mol. The molecule has 0 aliphatic rings. The number of pyridine rings is 1. The summed E-state index contributed by atoms with van der Waals surface area (Å²) in [6.07, 6.45) is 4.67. The van der Waals surface area contributed by atoms with Gasteiger partial charge in [-0.15, -0.1) is 10.2 Å². The molecule has 7 heteroatoms. The van der Waals surface area contributed by atoms with E-state index in [-0.39, 0.29) is 12.6 Å². The van der Waals surface area contributed by atoms with Gasteiger partial charge >= 0.3 is 6.03 Å². The zero-order valence-corrected chi connectivity index (χ0v) is 13.7. The molecular weight excluding hydrogens is 294 g/mol. The van der Waals surface area contributed by atoms with Crippen molar-refractivity contribution in [3.05, 3.63) is 30.2 Å². The van der Waals surface area contributed by atoms with Gasteiger partial charge in [0.05, 0.1) is 5.60 Å². The molecule has 2 aromatic heterocycles. The van der Waals surface area contributed by atoms with Crippen LogP contribution in [0, 0.1) is 0 Å². The first-order valence-electron chi connectivity index (χ1n) is 8.10. The quantitative estimate of drug-likeness (QED) is 0.643. The summed E-state index contributed by atoms with van der Waals surface area (Å²) in [6.45, 7) is 4.63. The van der Waals surface area contributed by atoms with Gasteiger partial charge in [-0.3, -0.25) is 4.40 Å². The predicted molar refractivity (Wildman–Crippen MR) is 88.2 cm³/mol. The molecule has 0 aromatic carbocycles. The standard InChI is InChI=1S/C16H25N5O2/c1-3-16(23,4-2)12-18-15(22)17-10-7-9-14-20-19-13-8-5-6-11-21(13)14/h5-6,8,11,23H,3-4,7,9-10,12H2,1-2H3,(H2,17,18,22). The summed E-state index contributed by atoms with van der Waals surface area (Å²) in [5.74, 6) is 0.883. The van der Waals surface area contributed by atoms with Crippen molar-refractivity contribution < 1.29 is 9.90 Å². The largest absolute Gasteiger partial charge is 0.388 e. The van der Waals surface area contributed by atoms with Gasteiger partial charge in [-0.05, 0) is 31.4 Å². The molecule has 2 heterocycles. The van der Waals surface area contributed by atoms with Crippen molar-refractivity contribution in [2.75, 3.05) is 13.1 Å². The van der Waals surface area contributed by atoms with Crippen molar-refractivity contribution >= 4 is 11.7 Å². The minimum absolute atomic E-state index is 0.253. The first kappa shape index (κ1) is 17.2. The van der Waals surface area contributed by atoms with Gasteiger partial charge in [0.25, 0.3) is 0 Å². The van der Waals surface area contributed by atoms with Crippen LogP contribution in [-0.4, -0.2) is 44.4 Å². The number of carbonyl (C=O) groups is 1. The van der Waals surface area contributed by atoms with E-state index in [2.05, 4.69) is 20.8 Å². The third-order valence-corrected chi connectivity index (χ3v) is 4.14. The van der Waals surface area contributed by atoms with E-state index in [9.17, 15) is 9.90 Å². The van der Waals surface area contributed by atoms with Crippen molar-refractivity contribution in [1.29, 1.82) is 0 Å². The van der Waals surface area contributed by atoms with Gasteiger partial charge in [0, 0.05) is 25.7 Å². The molecule has 0 saturated heterocycles. The minimum atomic E-state index is -0.822. The number of nitrogens with one attached hydrogen (secondary N) is 2. The van der Waals surface area contributed by atoms with E-state index in [0.717, 1.165) is 24.3 Å². The lowest BCUT2D eigenvalue weighted by Gasteiger charge is -2.25. The van der Waals surface area contributed by atoms with Crippen LogP contribution < -0.4 is 10.6 Å². The SMILES string of the molecule is CCC(O)(CC)CNC(=O)NCCCc1nnc2ccccn12. The number of hydrogen-bond donors (Lipinski definition) is 3. The maximum absolute atomic E-state index is 11.7. The fourth-order valence-corrected chi connectivity index (χ4v) is 2.32. The topological polar surface area (TPSA) is 91.5 Å². The Kier molecular flexibility index (Phi) is 5.92. The van der Waals surface area contributed by atoms with Crippen LogP contribution in [0.25, 0.3) is 5.65 Å². The maximum Gasteiger partial charge on any atom is 0.314 e. The highest BCUT2D eigenvalue weighted by Gasteiger charge is 2.22. The molecule has 2 rings (SSSR count). The molecule has 0 atom stereocenters. The molecule has 0 aliphatic heterocycles. The molecule has 0 saturated carbocycles. The molecule has 0 fully saturated rings. The summed E-state index contributed by atoms with van der Waals surface area (Å²) < 4.78 is 1.95. The highest BCUT2D eigenvalue weighted by Crippen LogP contribution is 2.12. The summed E-state index contributed by atoms with van der Waals surface area (Å²) in [5, 5.41) is 23.9. The van der Waals surface area contributed by atoms with Gasteiger partial charge in [-0.1, -0.05) is 19.9 Å². The second kappa shape index (κ2) is 7.92. The Balaban J connectivity index is 1.70. The third-order valence-electron chi connectivity index (χ3n) is 4.14. The normalized spacial score (nSPS) is 11.6. The van der Waals surface area contributed by atoms with Crippen LogP contribution in [0.4, 0.5) is 4.79 Å². The first-order chi connectivity index (χ1) is 11.1. The number of amides is 2. The van der Waals surface area contributed by atoms with Gasteiger partial charge in [0.2, 0.25) is 0 Å². The fraction of sp³-hybridized carbons (Fsp3) is 0.562. The summed E-state index contributed by atoms with van der Waals surface area (Å²) >= 11 is 0. The second-order valence-corrected chi connectivity index (χ2v) is 5.69. The number of aryl methyl sites for hydroxylation is 1. The Morgan fingerprint density at radius 1 is 1.26 bits per heavy atom. The molecule has 0 bridgehead atoms. The highest BCUT2D eigenvalue weighted by atomic mass is 16.3. The fourth-order valence-electron chi connectivity index (χ4n) is 2.32. The van der Waals surface area contributed by atoms with Crippen LogP contribution in [0.3, 0.4) is 0 Å². The number of hydrogen-bond acceptors (Lipinski definition) is 4. The van der Waals surface area contributed by atoms with Crippen LogP contribution in [0.5, 0.6) is 0 Å². The van der Waals surface area contributed by atoms with E-state index in [1.807, 2.05) is 42.6 Å². The van der Waals surface area contributed by atoms with Gasteiger partial charge in [-0.2, -0.15) is 0 Å². The van der Waals surface area contributed by atoms with Crippen LogP contribution >= 0.6 is 0 Å². The number of carbonyl (C=O) groups excluding carboxylic acids is 1. The third kappa shape index (κ3) is 4.66. The number of aliphatic hydroxyl groups is 1. The molecule has 0 spiro atoms. The lowest BCUT2D eigenvalue weighted by Crippen LogP contribution is -2.46. The Hall–Kier alpha value is -2.15. The van der Waals surface area contributed by atoms with Crippen molar-refractivity contribution in [3.63, 3.8) is 0 Å². The van der Waals surface area contributed by atoms with Gasteiger partial charge in [0.15, 0.2) is 5.65 Å². The monoisotopic (exact) mass is 319 g/mol. The molecule has 0 unspecified atom stereocenters. The van der Waals surface area contributed by atoms with Crippen molar-refractivity contribution in [2.24, 2.45) is 0 Å². The maximum atomic E-state index is 11.7. The zero-order valence-electron chi connectivity index (χ0n) is 13.7. The average Bonchev–Trinajstić information content (AvgIpc) is 3.00. The molecular formula is C16H25N5O2. The zero-order chi connectivity index (χ0) is 16.7. The number of rotatable bonds is 8. The summed E-state index contributed by atoms with van der Waals surface area (Å²) in [4.78, 5) is 11.7. The molecule has 23 heavy (non-hydrogen) atoms. The highest BCUT2D eigenvalue weighted by molar-refractivity contribution is 5.73. The molecule has 7 nitrogen and oxygen atoms in total. The van der Waals surface area contributed by atoms with Crippen LogP contribution in [0.2, 0.25) is 0 Å². The Bertz CT molecular complexity index is 636. The van der Waals surface area contributed by atoms with Gasteiger partial charge in [0.1, 0.15) is 5.82 Å². The first-order valence-corrected chi connectivity index (χ1v) is 8.10. The van der Waals surface area contributed by atoms with E-state index in [1.54, 1.807) is 0 Å². The summed E-state index contributed by atoms with van der Waals surface area (Å²) in [7, 11) is 0. The number of urea groups is 1. The number of nitrogens with zero attached hydrogens (tertiary/aromatic N) is 3. The van der Waals surface area contributed by atoms with Crippen molar-refractivity contribution in [3.8, 4) is 0 Å². The Labute approximate surface area is 136 Å². The summed E-state index contributed by atoms with van der Waals surface area (Å²) in [6, 6.07) is 5.52. The minimum Gasteiger partial charge on any atom is -0.388 e. The van der Waals surface area contributed by atoms with Crippen LogP contribution in [0.1, 0.15) is 38.9 Å². The lowest BCUT2D eigenvalue weighted by atomic mass is 9.98. The van der Waals surface area contributed by atoms with Crippen molar-refractivity contribution in [1.82, 2.24) is 25.2 Å². The van der Waals surface area contributed by atoms with E-state index in [1.165, 1.54) is 0 Å². The van der Waals surface area contributed by atoms with E-state index < -0.39 is 5.60 Å². The van der Waals surface area contributed by atoms with E-state index in [4.69, 9.17) is 0 Å². The molecule has 0 aliphatic carbocycles.